The minimum Gasteiger partial charge on any atom is -0.336 e. The molecule has 3 aromatic heterocycles. The van der Waals surface area contributed by atoms with Crippen LogP contribution in [0.2, 0.25) is 0 Å². The minimum absolute atomic E-state index is 0.812. The summed E-state index contributed by atoms with van der Waals surface area (Å²) in [6.45, 7) is 9.55. The first-order valence-corrected chi connectivity index (χ1v) is 18.1. The van der Waals surface area contributed by atoms with Crippen molar-refractivity contribution in [3.63, 3.8) is 0 Å². The van der Waals surface area contributed by atoms with Gasteiger partial charge in [0.25, 0.3) is 0 Å². The molecule has 0 N–H and O–H groups in total. The molecule has 0 bridgehead atoms. The number of para-hydroxylation sites is 6. The van der Waals surface area contributed by atoms with Crippen molar-refractivity contribution in [1.29, 1.82) is 0 Å². The standard InChI is InChI=1S/C48H39N3/c1-31-40(28-49-43-22-10-4-16-34(43)35-17-5-11-23-44(35)49)32(2)42(30-51-47-26-14-8-20-38(47)39-21-9-15-27-48(39)51)33(3)41(31)29-50-45-24-12-6-18-36(45)37-19-7-13-25-46(37)50/h4-27H,28-30H2,1-3H3. The number of aromatic nitrogens is 3. The van der Waals surface area contributed by atoms with Crippen molar-refractivity contribution < 1.29 is 0 Å². The van der Waals surface area contributed by atoms with Gasteiger partial charge in [0.1, 0.15) is 0 Å². The molecule has 3 heteroatoms. The Bertz CT molecular complexity index is 2480. The van der Waals surface area contributed by atoms with E-state index in [-0.39, 0.29) is 0 Å². The molecule has 51 heavy (non-hydrogen) atoms. The van der Waals surface area contributed by atoms with E-state index >= 15 is 0 Å². The zero-order chi connectivity index (χ0) is 34.2. The zero-order valence-corrected chi connectivity index (χ0v) is 29.3. The van der Waals surface area contributed by atoms with Gasteiger partial charge in [0, 0.05) is 85.1 Å². The number of hydrogen-bond acceptors (Lipinski definition) is 0. The van der Waals surface area contributed by atoms with Crippen molar-refractivity contribution in [1.82, 2.24) is 13.7 Å². The largest absolute Gasteiger partial charge is 0.336 e. The van der Waals surface area contributed by atoms with Gasteiger partial charge in [-0.25, -0.2) is 0 Å². The van der Waals surface area contributed by atoms with Crippen molar-refractivity contribution in [3.05, 3.63) is 179 Å². The van der Waals surface area contributed by atoms with Crippen LogP contribution in [0.3, 0.4) is 0 Å². The first-order chi connectivity index (χ1) is 25.1. The van der Waals surface area contributed by atoms with E-state index in [1.807, 2.05) is 0 Å². The molecule has 0 aliphatic carbocycles. The van der Waals surface area contributed by atoms with Crippen LogP contribution < -0.4 is 0 Å². The summed E-state index contributed by atoms with van der Waals surface area (Å²) in [5.74, 6) is 0. The number of benzene rings is 7. The summed E-state index contributed by atoms with van der Waals surface area (Å²) in [7, 11) is 0. The van der Waals surface area contributed by atoms with Gasteiger partial charge in [0.2, 0.25) is 0 Å². The summed E-state index contributed by atoms with van der Waals surface area (Å²) in [5, 5.41) is 7.87. The summed E-state index contributed by atoms with van der Waals surface area (Å²) in [5.41, 5.74) is 16.1. The second-order valence-corrected chi connectivity index (χ2v) is 14.2. The lowest BCUT2D eigenvalue weighted by atomic mass is 9.87. The highest BCUT2D eigenvalue weighted by atomic mass is 15.0. The monoisotopic (exact) mass is 657 g/mol. The Morgan fingerprint density at radius 1 is 0.275 bits per heavy atom. The molecule has 0 aliphatic rings. The molecule has 0 saturated carbocycles. The average Bonchev–Trinajstić information content (AvgIpc) is 3.79. The maximum absolute atomic E-state index is 2.55. The topological polar surface area (TPSA) is 14.8 Å². The van der Waals surface area contributed by atoms with Gasteiger partial charge >= 0.3 is 0 Å². The van der Waals surface area contributed by atoms with Crippen LogP contribution in [0, 0.1) is 20.8 Å². The molecule has 0 spiro atoms. The van der Waals surface area contributed by atoms with Crippen molar-refractivity contribution in [3.8, 4) is 0 Å². The predicted molar refractivity (Wildman–Crippen MR) is 216 cm³/mol. The summed E-state index contributed by atoms with van der Waals surface area (Å²) in [4.78, 5) is 0. The Kier molecular flexibility index (Phi) is 6.72. The molecule has 0 amide bonds. The number of nitrogens with zero attached hydrogens (tertiary/aromatic N) is 3. The van der Waals surface area contributed by atoms with Gasteiger partial charge in [-0.3, -0.25) is 0 Å². The fraction of sp³-hybridized carbons (Fsp3) is 0.125. The van der Waals surface area contributed by atoms with Gasteiger partial charge in [-0.15, -0.1) is 0 Å². The molecule has 10 aromatic rings. The molecule has 0 fully saturated rings. The van der Waals surface area contributed by atoms with E-state index < -0.39 is 0 Å². The number of rotatable bonds is 6. The molecule has 0 aliphatic heterocycles. The van der Waals surface area contributed by atoms with Crippen LogP contribution in [-0.2, 0) is 19.6 Å². The van der Waals surface area contributed by atoms with Crippen LogP contribution in [-0.4, -0.2) is 13.7 Å². The fourth-order valence-electron chi connectivity index (χ4n) is 9.10. The molecule has 10 rings (SSSR count). The first-order valence-electron chi connectivity index (χ1n) is 18.1. The van der Waals surface area contributed by atoms with E-state index in [1.165, 1.54) is 98.8 Å². The predicted octanol–water partition coefficient (Wildman–Crippen LogP) is 12.1. The van der Waals surface area contributed by atoms with Crippen LogP contribution in [0.1, 0.15) is 33.4 Å². The Balaban J connectivity index is 1.23. The maximum atomic E-state index is 2.55. The Morgan fingerprint density at radius 3 is 0.647 bits per heavy atom. The van der Waals surface area contributed by atoms with E-state index in [2.05, 4.69) is 180 Å². The van der Waals surface area contributed by atoms with E-state index in [4.69, 9.17) is 0 Å². The molecular formula is C48H39N3. The second kappa shape index (κ2) is 11.5. The van der Waals surface area contributed by atoms with Crippen molar-refractivity contribution in [2.75, 3.05) is 0 Å². The van der Waals surface area contributed by atoms with Crippen LogP contribution in [0.4, 0.5) is 0 Å². The lowest BCUT2D eigenvalue weighted by molar-refractivity contribution is 0.789. The van der Waals surface area contributed by atoms with E-state index in [0.29, 0.717) is 0 Å². The molecule has 0 radical (unpaired) electrons. The minimum atomic E-state index is 0.812. The summed E-state index contributed by atoms with van der Waals surface area (Å²) >= 11 is 0. The highest BCUT2D eigenvalue weighted by molar-refractivity contribution is 6.10. The number of hydrogen-bond donors (Lipinski definition) is 0. The molecular weight excluding hydrogens is 619 g/mol. The maximum Gasteiger partial charge on any atom is 0.0494 e. The third-order valence-electron chi connectivity index (χ3n) is 11.7. The summed E-state index contributed by atoms with van der Waals surface area (Å²) in [6.07, 6.45) is 0. The normalized spacial score (nSPS) is 12.1. The average molecular weight is 658 g/mol. The smallest absolute Gasteiger partial charge is 0.0494 e. The van der Waals surface area contributed by atoms with Crippen LogP contribution in [0.5, 0.6) is 0 Å². The Morgan fingerprint density at radius 2 is 0.451 bits per heavy atom. The van der Waals surface area contributed by atoms with E-state index in [9.17, 15) is 0 Å². The van der Waals surface area contributed by atoms with Crippen molar-refractivity contribution >= 4 is 65.4 Å². The van der Waals surface area contributed by atoms with Gasteiger partial charge in [-0.1, -0.05) is 109 Å². The summed E-state index contributed by atoms with van der Waals surface area (Å²) < 4.78 is 7.64. The van der Waals surface area contributed by atoms with Crippen molar-refractivity contribution in [2.45, 2.75) is 40.4 Å². The fourth-order valence-corrected chi connectivity index (χ4v) is 9.10. The molecule has 246 valence electrons. The van der Waals surface area contributed by atoms with Crippen LogP contribution >= 0.6 is 0 Å². The van der Waals surface area contributed by atoms with Gasteiger partial charge in [-0.05, 0) is 90.6 Å². The first kappa shape index (κ1) is 29.8. The Labute approximate surface area is 297 Å². The highest BCUT2D eigenvalue weighted by Gasteiger charge is 2.22. The third kappa shape index (κ3) is 4.44. The molecule has 0 saturated heterocycles. The highest BCUT2D eigenvalue weighted by Crippen LogP contribution is 2.37. The van der Waals surface area contributed by atoms with Crippen molar-refractivity contribution in [2.24, 2.45) is 0 Å². The SMILES string of the molecule is Cc1c(Cn2c3ccccc3c3ccccc32)c(C)c(Cn2c3ccccc3c3ccccc32)c(C)c1Cn1c2ccccc2c2ccccc21. The quantitative estimate of drug-likeness (QED) is 0.169. The van der Waals surface area contributed by atoms with Gasteiger partial charge < -0.3 is 13.7 Å². The van der Waals surface area contributed by atoms with Gasteiger partial charge in [0.15, 0.2) is 0 Å². The van der Waals surface area contributed by atoms with Crippen LogP contribution in [0.15, 0.2) is 146 Å². The van der Waals surface area contributed by atoms with Gasteiger partial charge in [0.05, 0.1) is 0 Å². The van der Waals surface area contributed by atoms with E-state index in [1.54, 1.807) is 0 Å². The van der Waals surface area contributed by atoms with Crippen LogP contribution in [0.25, 0.3) is 65.4 Å². The summed E-state index contributed by atoms with van der Waals surface area (Å²) in [6, 6.07) is 53.3. The Hall–Kier alpha value is -6.06. The number of fused-ring (bicyclic) bond motifs is 9. The lowest BCUT2D eigenvalue weighted by Gasteiger charge is -2.25. The van der Waals surface area contributed by atoms with E-state index in [0.717, 1.165) is 19.6 Å². The zero-order valence-electron chi connectivity index (χ0n) is 29.3. The second-order valence-electron chi connectivity index (χ2n) is 14.2. The molecule has 3 nitrogen and oxygen atoms in total. The lowest BCUT2D eigenvalue weighted by Crippen LogP contribution is -2.15. The third-order valence-corrected chi connectivity index (χ3v) is 11.7. The molecule has 0 unspecified atom stereocenters. The van der Waals surface area contributed by atoms with Gasteiger partial charge in [-0.2, -0.15) is 0 Å². The molecule has 7 aromatic carbocycles. The molecule has 3 heterocycles. The molecule has 0 atom stereocenters.